The van der Waals surface area contributed by atoms with E-state index in [0.717, 1.165) is 15.4 Å². The largest absolute Gasteiger partial charge is 0.497 e. The Kier molecular flexibility index (Phi) is 4.43. The van der Waals surface area contributed by atoms with Gasteiger partial charge in [-0.15, -0.1) is 0 Å². The van der Waals surface area contributed by atoms with Crippen LogP contribution in [0, 0.1) is 0 Å². The fourth-order valence-electron chi connectivity index (χ4n) is 2.06. The van der Waals surface area contributed by atoms with Crippen molar-refractivity contribution in [2.75, 3.05) is 7.11 Å². The maximum Gasteiger partial charge on any atom is 0.307 e. The highest BCUT2D eigenvalue weighted by Crippen LogP contribution is 2.21. The minimum absolute atomic E-state index is 0.216. The van der Waals surface area contributed by atoms with Crippen molar-refractivity contribution in [2.45, 2.75) is 0 Å². The quantitative estimate of drug-likeness (QED) is 0.556. The first-order chi connectivity index (χ1) is 11.2. The van der Waals surface area contributed by atoms with E-state index >= 15 is 0 Å². The molecule has 1 heterocycles. The number of ether oxygens (including phenoxy) is 1. The minimum atomic E-state index is -0.406. The number of carbonyl (C=O) groups excluding carboxylic acids is 1. The van der Waals surface area contributed by atoms with Gasteiger partial charge in [-0.25, -0.2) is 5.43 Å². The number of rotatable bonds is 4. The molecule has 0 unspecified atom stereocenters. The average molecular weight is 373 g/mol. The fraction of sp³-hybridized carbons (Fsp3) is 0.0588. The van der Waals surface area contributed by atoms with Gasteiger partial charge in [0.2, 0.25) is 0 Å². The van der Waals surface area contributed by atoms with Crippen LogP contribution in [-0.2, 0) is 0 Å². The van der Waals surface area contributed by atoms with Crippen molar-refractivity contribution in [1.82, 2.24) is 5.43 Å². The summed E-state index contributed by atoms with van der Waals surface area (Å²) in [5, 5.41) is 4.83. The van der Waals surface area contributed by atoms with Gasteiger partial charge in [-0.1, -0.05) is 34.1 Å². The molecule has 6 heteroatoms. The van der Waals surface area contributed by atoms with Gasteiger partial charge < -0.3 is 9.15 Å². The first kappa shape index (κ1) is 15.3. The molecule has 0 fully saturated rings. The summed E-state index contributed by atoms with van der Waals surface area (Å²) < 4.78 is 11.5. The van der Waals surface area contributed by atoms with E-state index in [1.165, 1.54) is 6.21 Å². The van der Waals surface area contributed by atoms with E-state index in [9.17, 15) is 4.79 Å². The molecule has 116 valence electrons. The summed E-state index contributed by atoms with van der Waals surface area (Å²) in [5.74, 6) is 0.516. The van der Waals surface area contributed by atoms with Crippen molar-refractivity contribution in [3.8, 4) is 5.75 Å². The number of halogens is 1. The molecule has 2 aromatic carbocycles. The first-order valence-corrected chi connectivity index (χ1v) is 7.62. The Morgan fingerprint density at radius 3 is 2.87 bits per heavy atom. The van der Waals surface area contributed by atoms with Crippen LogP contribution in [0.25, 0.3) is 11.0 Å². The molecule has 0 atom stereocenters. The van der Waals surface area contributed by atoms with Crippen LogP contribution in [-0.4, -0.2) is 19.2 Å². The SMILES string of the molecule is COc1ccc(Br)c(C=NNC(=O)c2cc3ccccc3o2)c1. The van der Waals surface area contributed by atoms with E-state index in [4.69, 9.17) is 9.15 Å². The molecule has 5 nitrogen and oxygen atoms in total. The van der Waals surface area contributed by atoms with Crippen molar-refractivity contribution >= 4 is 39.0 Å². The third kappa shape index (κ3) is 3.43. The van der Waals surface area contributed by atoms with Gasteiger partial charge in [0.25, 0.3) is 0 Å². The number of nitrogens with one attached hydrogen (secondary N) is 1. The van der Waals surface area contributed by atoms with Crippen molar-refractivity contribution in [1.29, 1.82) is 0 Å². The highest BCUT2D eigenvalue weighted by Gasteiger charge is 2.11. The number of carbonyl (C=O) groups is 1. The smallest absolute Gasteiger partial charge is 0.307 e. The van der Waals surface area contributed by atoms with Crippen LogP contribution in [0.5, 0.6) is 5.75 Å². The molecule has 23 heavy (non-hydrogen) atoms. The molecule has 0 aliphatic heterocycles. The third-order valence-electron chi connectivity index (χ3n) is 3.22. The van der Waals surface area contributed by atoms with Gasteiger partial charge in [-0.2, -0.15) is 5.10 Å². The number of hydrogen-bond donors (Lipinski definition) is 1. The topological polar surface area (TPSA) is 63.8 Å². The highest BCUT2D eigenvalue weighted by molar-refractivity contribution is 9.10. The number of methoxy groups -OCH3 is 1. The summed E-state index contributed by atoms with van der Waals surface area (Å²) in [6, 6.07) is 14.6. The van der Waals surface area contributed by atoms with Crippen LogP contribution >= 0.6 is 15.9 Å². The van der Waals surface area contributed by atoms with E-state index in [2.05, 4.69) is 26.5 Å². The molecule has 1 amide bonds. The molecule has 3 rings (SSSR count). The van der Waals surface area contributed by atoms with E-state index in [0.29, 0.717) is 11.3 Å². The van der Waals surface area contributed by atoms with Gasteiger partial charge in [-0.05, 0) is 30.3 Å². The normalized spacial score (nSPS) is 11.0. The molecule has 0 saturated heterocycles. The molecule has 0 aliphatic rings. The van der Waals surface area contributed by atoms with Crippen molar-refractivity contribution in [3.05, 3.63) is 64.3 Å². The predicted molar refractivity (Wildman–Crippen MR) is 92.0 cm³/mol. The number of benzene rings is 2. The van der Waals surface area contributed by atoms with Crippen LogP contribution < -0.4 is 10.2 Å². The summed E-state index contributed by atoms with van der Waals surface area (Å²) in [6.07, 6.45) is 1.53. The lowest BCUT2D eigenvalue weighted by Gasteiger charge is -2.02. The average Bonchev–Trinajstić information content (AvgIpc) is 3.00. The maximum atomic E-state index is 12.1. The number of nitrogens with zero attached hydrogens (tertiary/aromatic N) is 1. The Hall–Kier alpha value is -2.60. The predicted octanol–water partition coefficient (Wildman–Crippen LogP) is 3.97. The molecule has 0 radical (unpaired) electrons. The minimum Gasteiger partial charge on any atom is -0.497 e. The number of hydrogen-bond acceptors (Lipinski definition) is 4. The second kappa shape index (κ2) is 6.66. The van der Waals surface area contributed by atoms with Crippen LogP contribution in [0.1, 0.15) is 16.1 Å². The Morgan fingerprint density at radius 1 is 1.26 bits per heavy atom. The Labute approximate surface area is 141 Å². The lowest BCUT2D eigenvalue weighted by molar-refractivity contribution is 0.0929. The summed E-state index contributed by atoms with van der Waals surface area (Å²) >= 11 is 3.42. The zero-order valence-corrected chi connectivity index (χ0v) is 13.8. The number of para-hydroxylation sites is 1. The first-order valence-electron chi connectivity index (χ1n) is 6.83. The van der Waals surface area contributed by atoms with Crippen LogP contribution in [0.3, 0.4) is 0 Å². The lowest BCUT2D eigenvalue weighted by Crippen LogP contribution is -2.16. The van der Waals surface area contributed by atoms with Crippen molar-refractivity contribution < 1.29 is 13.9 Å². The van der Waals surface area contributed by atoms with E-state index in [1.54, 1.807) is 19.2 Å². The lowest BCUT2D eigenvalue weighted by atomic mass is 10.2. The van der Waals surface area contributed by atoms with E-state index in [-0.39, 0.29) is 5.76 Å². The molecular weight excluding hydrogens is 360 g/mol. The number of amides is 1. The standard InChI is InChI=1S/C17H13BrN2O3/c1-22-13-6-7-14(18)12(8-13)10-19-20-17(21)16-9-11-4-2-3-5-15(11)23-16/h2-10H,1H3,(H,20,21). The van der Waals surface area contributed by atoms with Crippen molar-refractivity contribution in [2.24, 2.45) is 5.10 Å². The second-order valence-corrected chi connectivity index (χ2v) is 5.59. The fourth-order valence-corrected chi connectivity index (χ4v) is 2.41. The molecule has 0 bridgehead atoms. The monoisotopic (exact) mass is 372 g/mol. The van der Waals surface area contributed by atoms with E-state index < -0.39 is 5.91 Å². The zero-order chi connectivity index (χ0) is 16.2. The van der Waals surface area contributed by atoms with Crippen LogP contribution in [0.4, 0.5) is 0 Å². The van der Waals surface area contributed by atoms with Gasteiger partial charge in [0.15, 0.2) is 5.76 Å². The maximum absolute atomic E-state index is 12.1. The highest BCUT2D eigenvalue weighted by atomic mass is 79.9. The van der Waals surface area contributed by atoms with Gasteiger partial charge >= 0.3 is 5.91 Å². The Bertz CT molecular complexity index is 853. The molecule has 0 spiro atoms. The van der Waals surface area contributed by atoms with E-state index in [1.807, 2.05) is 36.4 Å². The van der Waals surface area contributed by atoms with Gasteiger partial charge in [0.1, 0.15) is 11.3 Å². The summed E-state index contributed by atoms with van der Waals surface area (Å²) in [5.41, 5.74) is 3.90. The molecule has 1 N–H and O–H groups in total. The molecule has 1 aromatic heterocycles. The molecular formula is C17H13BrN2O3. The Morgan fingerprint density at radius 2 is 2.09 bits per heavy atom. The molecule has 3 aromatic rings. The third-order valence-corrected chi connectivity index (χ3v) is 3.94. The number of furan rings is 1. The molecule has 0 saturated carbocycles. The van der Waals surface area contributed by atoms with Crippen LogP contribution in [0.2, 0.25) is 0 Å². The summed E-state index contributed by atoms with van der Waals surface area (Å²) in [6.45, 7) is 0. The second-order valence-electron chi connectivity index (χ2n) is 4.74. The molecule has 0 aliphatic carbocycles. The van der Waals surface area contributed by atoms with Crippen molar-refractivity contribution in [3.63, 3.8) is 0 Å². The number of hydrazone groups is 1. The summed E-state index contributed by atoms with van der Waals surface area (Å²) in [7, 11) is 1.59. The van der Waals surface area contributed by atoms with Gasteiger partial charge in [-0.3, -0.25) is 4.79 Å². The van der Waals surface area contributed by atoms with Gasteiger partial charge in [0.05, 0.1) is 13.3 Å². The van der Waals surface area contributed by atoms with Crippen LogP contribution in [0.15, 0.2) is 62.5 Å². The Balaban J connectivity index is 1.73. The number of fused-ring (bicyclic) bond motifs is 1. The zero-order valence-electron chi connectivity index (χ0n) is 12.2. The van der Waals surface area contributed by atoms with Gasteiger partial charge in [0, 0.05) is 15.4 Å². The summed E-state index contributed by atoms with van der Waals surface area (Å²) in [4.78, 5) is 12.1.